The van der Waals surface area contributed by atoms with Gasteiger partial charge >= 0.3 is 0 Å². The van der Waals surface area contributed by atoms with Crippen LogP contribution in [0.15, 0.2) is 18.2 Å². The van der Waals surface area contributed by atoms with Crippen molar-refractivity contribution < 1.29 is 4.74 Å². The molecular weight excluding hydrogens is 266 g/mol. The van der Waals surface area contributed by atoms with Crippen LogP contribution in [0, 0.1) is 0 Å². The fourth-order valence-electron chi connectivity index (χ4n) is 1.73. The third-order valence-corrected chi connectivity index (χ3v) is 2.88. The van der Waals surface area contributed by atoms with Gasteiger partial charge in [-0.3, -0.25) is 0 Å². The summed E-state index contributed by atoms with van der Waals surface area (Å²) in [5.41, 5.74) is 0.820. The predicted molar refractivity (Wildman–Crippen MR) is 73.4 cm³/mol. The largest absolute Gasteiger partial charge is 0.495 e. The molecule has 0 saturated heterocycles. The van der Waals surface area contributed by atoms with E-state index in [2.05, 4.69) is 27.8 Å². The zero-order chi connectivity index (χ0) is 13.7. The molecule has 0 fully saturated rings. The summed E-state index contributed by atoms with van der Waals surface area (Å²) in [6.45, 7) is 3.40. The van der Waals surface area contributed by atoms with Gasteiger partial charge in [-0.05, 0) is 35.0 Å². The number of benzene rings is 1. The van der Waals surface area contributed by atoms with Crippen molar-refractivity contribution in [2.45, 2.75) is 26.4 Å². The normalized spacial score (nSPS) is 10.5. The van der Waals surface area contributed by atoms with Crippen LogP contribution in [0.1, 0.15) is 19.2 Å². The van der Waals surface area contributed by atoms with E-state index < -0.39 is 0 Å². The van der Waals surface area contributed by atoms with Gasteiger partial charge in [-0.15, -0.1) is 5.10 Å². The molecule has 2 rings (SSSR count). The van der Waals surface area contributed by atoms with Gasteiger partial charge in [0.1, 0.15) is 5.75 Å². The van der Waals surface area contributed by atoms with Gasteiger partial charge in [0.25, 0.3) is 0 Å². The minimum Gasteiger partial charge on any atom is -0.495 e. The zero-order valence-corrected chi connectivity index (χ0v) is 11.7. The van der Waals surface area contributed by atoms with E-state index in [1.165, 1.54) is 0 Å². The lowest BCUT2D eigenvalue weighted by atomic mass is 10.3. The average molecular weight is 282 g/mol. The summed E-state index contributed by atoms with van der Waals surface area (Å²) < 4.78 is 7.05. The smallest absolute Gasteiger partial charge is 0.170 e. The average Bonchev–Trinajstić information content (AvgIpc) is 2.84. The molecule has 102 valence electrons. The highest BCUT2D eigenvalue weighted by atomic mass is 35.5. The number of methoxy groups -OCH3 is 1. The van der Waals surface area contributed by atoms with Crippen LogP contribution in [0.5, 0.6) is 5.75 Å². The highest BCUT2D eigenvalue weighted by Gasteiger charge is 2.07. The van der Waals surface area contributed by atoms with E-state index in [0.717, 1.165) is 30.2 Å². The Hall–Kier alpha value is -1.82. The molecular formula is C12H16ClN5O. The molecule has 0 spiro atoms. The lowest BCUT2D eigenvalue weighted by Crippen LogP contribution is -2.10. The molecule has 0 atom stereocenters. The Bertz CT molecular complexity index is 543. The van der Waals surface area contributed by atoms with Crippen molar-refractivity contribution in [1.82, 2.24) is 20.2 Å². The Morgan fingerprint density at radius 3 is 3.00 bits per heavy atom. The van der Waals surface area contributed by atoms with Gasteiger partial charge in [0.05, 0.1) is 19.3 Å². The number of rotatable bonds is 6. The van der Waals surface area contributed by atoms with Crippen molar-refractivity contribution in [2.75, 3.05) is 12.4 Å². The van der Waals surface area contributed by atoms with E-state index in [4.69, 9.17) is 16.3 Å². The Balaban J connectivity index is 2.09. The van der Waals surface area contributed by atoms with E-state index in [1.807, 2.05) is 12.1 Å². The first-order chi connectivity index (χ1) is 9.24. The van der Waals surface area contributed by atoms with Crippen LogP contribution in [0.4, 0.5) is 5.69 Å². The molecule has 0 aliphatic heterocycles. The second-order valence-electron chi connectivity index (χ2n) is 4.02. The zero-order valence-electron chi connectivity index (χ0n) is 10.9. The number of aromatic nitrogens is 4. The van der Waals surface area contributed by atoms with Gasteiger partial charge in [-0.2, -0.15) is 0 Å². The predicted octanol–water partition coefficient (Wildman–Crippen LogP) is 2.36. The van der Waals surface area contributed by atoms with Gasteiger partial charge < -0.3 is 10.1 Å². The molecule has 1 aromatic heterocycles. The number of halogens is 1. The summed E-state index contributed by atoms with van der Waals surface area (Å²) in [7, 11) is 1.62. The molecule has 2 aromatic rings. The number of nitrogens with zero attached hydrogens (tertiary/aromatic N) is 4. The summed E-state index contributed by atoms with van der Waals surface area (Å²) in [5.74, 6) is 1.52. The van der Waals surface area contributed by atoms with Crippen molar-refractivity contribution in [1.29, 1.82) is 0 Å². The van der Waals surface area contributed by atoms with Crippen molar-refractivity contribution in [2.24, 2.45) is 0 Å². The van der Waals surface area contributed by atoms with Gasteiger partial charge in [-0.1, -0.05) is 18.5 Å². The van der Waals surface area contributed by atoms with E-state index in [0.29, 0.717) is 11.6 Å². The number of hydrogen-bond acceptors (Lipinski definition) is 5. The van der Waals surface area contributed by atoms with Gasteiger partial charge in [-0.25, -0.2) is 4.68 Å². The number of tetrazole rings is 1. The monoisotopic (exact) mass is 281 g/mol. The first kappa shape index (κ1) is 13.6. The van der Waals surface area contributed by atoms with Gasteiger partial charge in [0.2, 0.25) is 0 Å². The number of hydrogen-bond donors (Lipinski definition) is 1. The maximum Gasteiger partial charge on any atom is 0.170 e. The van der Waals surface area contributed by atoms with E-state index in [9.17, 15) is 0 Å². The molecule has 1 aromatic carbocycles. The Labute approximate surface area is 116 Å². The summed E-state index contributed by atoms with van der Waals surface area (Å²) in [5, 5.41) is 15.5. The van der Waals surface area contributed by atoms with Crippen LogP contribution in [-0.4, -0.2) is 27.3 Å². The maximum absolute atomic E-state index is 5.97. The summed E-state index contributed by atoms with van der Waals surface area (Å²) in [6, 6.07) is 5.42. The fraction of sp³-hybridized carbons (Fsp3) is 0.417. The molecule has 0 saturated carbocycles. The summed E-state index contributed by atoms with van der Waals surface area (Å²) >= 11 is 5.97. The lowest BCUT2D eigenvalue weighted by Gasteiger charge is -2.11. The quantitative estimate of drug-likeness (QED) is 0.880. The number of anilines is 1. The van der Waals surface area contributed by atoms with Crippen LogP contribution in [-0.2, 0) is 13.1 Å². The molecule has 1 N–H and O–H groups in total. The van der Waals surface area contributed by atoms with Crippen LogP contribution in [0.25, 0.3) is 0 Å². The van der Waals surface area contributed by atoms with Crippen molar-refractivity contribution in [3.63, 3.8) is 0 Å². The van der Waals surface area contributed by atoms with E-state index >= 15 is 0 Å². The molecule has 0 aliphatic rings. The molecule has 0 amide bonds. The highest BCUT2D eigenvalue weighted by Crippen LogP contribution is 2.27. The summed E-state index contributed by atoms with van der Waals surface area (Å²) in [4.78, 5) is 0. The van der Waals surface area contributed by atoms with Gasteiger partial charge in [0.15, 0.2) is 5.82 Å². The third-order valence-electron chi connectivity index (χ3n) is 2.64. The van der Waals surface area contributed by atoms with Crippen LogP contribution in [0.3, 0.4) is 0 Å². The molecule has 0 aliphatic carbocycles. The molecule has 6 nitrogen and oxygen atoms in total. The number of aryl methyl sites for hydroxylation is 1. The van der Waals surface area contributed by atoms with Crippen LogP contribution >= 0.6 is 11.6 Å². The molecule has 7 heteroatoms. The van der Waals surface area contributed by atoms with Gasteiger partial charge in [0, 0.05) is 11.6 Å². The second-order valence-corrected chi connectivity index (χ2v) is 4.45. The maximum atomic E-state index is 5.97. The van der Waals surface area contributed by atoms with Crippen molar-refractivity contribution in [3.05, 3.63) is 29.0 Å². The standard InChI is InChI=1S/C12H16ClN5O/c1-3-6-18-12(15-16-17-18)8-14-10-7-9(13)4-5-11(10)19-2/h4-5,7,14H,3,6,8H2,1-2H3. The Morgan fingerprint density at radius 2 is 2.26 bits per heavy atom. The van der Waals surface area contributed by atoms with Crippen molar-refractivity contribution in [3.8, 4) is 5.75 Å². The molecule has 1 heterocycles. The third kappa shape index (κ3) is 3.35. The highest BCUT2D eigenvalue weighted by molar-refractivity contribution is 6.30. The molecule has 0 bridgehead atoms. The first-order valence-corrected chi connectivity index (χ1v) is 6.45. The second kappa shape index (κ2) is 6.38. The molecule has 0 radical (unpaired) electrons. The number of nitrogens with one attached hydrogen (secondary N) is 1. The topological polar surface area (TPSA) is 64.9 Å². The van der Waals surface area contributed by atoms with E-state index in [1.54, 1.807) is 17.9 Å². The Morgan fingerprint density at radius 1 is 1.42 bits per heavy atom. The van der Waals surface area contributed by atoms with Crippen LogP contribution < -0.4 is 10.1 Å². The Kier molecular flexibility index (Phi) is 4.57. The molecule has 0 unspecified atom stereocenters. The minimum atomic E-state index is 0.518. The fourth-order valence-corrected chi connectivity index (χ4v) is 1.90. The minimum absolute atomic E-state index is 0.518. The van der Waals surface area contributed by atoms with E-state index in [-0.39, 0.29) is 0 Å². The van der Waals surface area contributed by atoms with Crippen LogP contribution in [0.2, 0.25) is 5.02 Å². The molecule has 19 heavy (non-hydrogen) atoms. The van der Waals surface area contributed by atoms with Crippen molar-refractivity contribution >= 4 is 17.3 Å². The SMILES string of the molecule is CCCn1nnnc1CNc1cc(Cl)ccc1OC. The number of ether oxygens (including phenoxy) is 1. The first-order valence-electron chi connectivity index (χ1n) is 6.07. The summed E-state index contributed by atoms with van der Waals surface area (Å²) in [6.07, 6.45) is 0.985. The lowest BCUT2D eigenvalue weighted by molar-refractivity contribution is 0.416.